The van der Waals surface area contributed by atoms with Crippen LogP contribution in [0, 0.1) is 11.3 Å². The van der Waals surface area contributed by atoms with Gasteiger partial charge in [-0.3, -0.25) is 9.69 Å². The number of amides is 1. The molecule has 0 unspecified atom stereocenters. The summed E-state index contributed by atoms with van der Waals surface area (Å²) in [5, 5.41) is 17.8. The van der Waals surface area contributed by atoms with Crippen molar-refractivity contribution in [3.8, 4) is 11.8 Å². The Bertz CT molecular complexity index is 829. The molecule has 0 bridgehead atoms. The van der Waals surface area contributed by atoms with Crippen molar-refractivity contribution in [3.05, 3.63) is 59.7 Å². The first-order valence-corrected chi connectivity index (χ1v) is 8.98. The fraction of sp³-hybridized carbons (Fsp3) is 0.333. The van der Waals surface area contributed by atoms with Crippen molar-refractivity contribution in [2.75, 3.05) is 31.2 Å². The minimum atomic E-state index is -0.0208. The van der Waals surface area contributed by atoms with E-state index in [0.717, 1.165) is 17.0 Å². The minimum Gasteiger partial charge on any atom is -0.491 e. The molecule has 0 saturated carbocycles. The Labute approximate surface area is 159 Å². The highest BCUT2D eigenvalue weighted by molar-refractivity contribution is 5.95. The van der Waals surface area contributed by atoms with E-state index in [1.54, 1.807) is 17.0 Å². The third kappa shape index (κ3) is 4.64. The fourth-order valence-corrected chi connectivity index (χ4v) is 3.21. The first kappa shape index (κ1) is 18.9. The maximum Gasteiger partial charge on any atom is 0.241 e. The number of rotatable bonds is 6. The number of hydrogen-bond acceptors (Lipinski definition) is 5. The van der Waals surface area contributed by atoms with Crippen LogP contribution in [-0.4, -0.2) is 48.3 Å². The molecule has 0 aromatic heterocycles. The summed E-state index contributed by atoms with van der Waals surface area (Å²) in [5.41, 5.74) is 2.47. The first-order valence-electron chi connectivity index (χ1n) is 8.98. The molecule has 1 fully saturated rings. The zero-order chi connectivity index (χ0) is 19.2. The van der Waals surface area contributed by atoms with Crippen LogP contribution < -0.4 is 9.64 Å². The predicted molar refractivity (Wildman–Crippen MR) is 102 cm³/mol. The molecule has 0 spiro atoms. The molecule has 3 rings (SSSR count). The normalized spacial score (nSPS) is 17.6. The van der Waals surface area contributed by atoms with Gasteiger partial charge in [-0.15, -0.1) is 0 Å². The molecule has 2 aromatic carbocycles. The SMILES string of the molecule is C[C@H]1CN(c2ccc(C#N)cc2)C(=O)CN1Cc1cccc(OCCO)c1. The van der Waals surface area contributed by atoms with Gasteiger partial charge in [0.05, 0.1) is 24.8 Å². The maximum atomic E-state index is 12.7. The van der Waals surface area contributed by atoms with Crippen LogP contribution in [0.15, 0.2) is 48.5 Å². The van der Waals surface area contributed by atoms with Crippen LogP contribution >= 0.6 is 0 Å². The zero-order valence-corrected chi connectivity index (χ0v) is 15.3. The number of aliphatic hydroxyl groups is 1. The van der Waals surface area contributed by atoms with Crippen molar-refractivity contribution in [1.82, 2.24) is 4.90 Å². The van der Waals surface area contributed by atoms with Crippen LogP contribution in [0.5, 0.6) is 5.75 Å². The van der Waals surface area contributed by atoms with E-state index < -0.39 is 0 Å². The van der Waals surface area contributed by atoms with Gasteiger partial charge in [-0.05, 0) is 48.9 Å². The van der Waals surface area contributed by atoms with E-state index in [4.69, 9.17) is 15.1 Å². The van der Waals surface area contributed by atoms with E-state index in [1.165, 1.54) is 0 Å². The standard InChI is InChI=1S/C21H23N3O3/c1-16-13-24(19-7-5-17(12-22)6-8-19)21(26)15-23(16)14-18-3-2-4-20(11-18)27-10-9-25/h2-8,11,16,25H,9-10,13-15H2,1H3/t16-/m0/s1. The zero-order valence-electron chi connectivity index (χ0n) is 15.3. The Kier molecular flexibility index (Phi) is 6.07. The molecule has 2 aromatic rings. The Hall–Kier alpha value is -2.88. The molecule has 27 heavy (non-hydrogen) atoms. The summed E-state index contributed by atoms with van der Waals surface area (Å²) in [6.07, 6.45) is 0. The molecule has 1 atom stereocenters. The number of nitriles is 1. The Morgan fingerprint density at radius 3 is 2.74 bits per heavy atom. The first-order chi connectivity index (χ1) is 13.1. The lowest BCUT2D eigenvalue weighted by atomic mass is 10.1. The Morgan fingerprint density at radius 1 is 1.26 bits per heavy atom. The van der Waals surface area contributed by atoms with Crippen molar-refractivity contribution in [3.63, 3.8) is 0 Å². The summed E-state index contributed by atoms with van der Waals surface area (Å²) in [6, 6.07) is 17.1. The summed E-state index contributed by atoms with van der Waals surface area (Å²) in [5.74, 6) is 0.766. The number of anilines is 1. The summed E-state index contributed by atoms with van der Waals surface area (Å²) in [7, 11) is 0. The van der Waals surface area contributed by atoms with Gasteiger partial charge in [-0.2, -0.15) is 5.26 Å². The third-order valence-corrected chi connectivity index (χ3v) is 4.66. The minimum absolute atomic E-state index is 0.0208. The van der Waals surface area contributed by atoms with Gasteiger partial charge in [0.2, 0.25) is 5.91 Å². The van der Waals surface area contributed by atoms with Crippen molar-refractivity contribution in [2.24, 2.45) is 0 Å². The van der Waals surface area contributed by atoms with Gasteiger partial charge in [0.15, 0.2) is 0 Å². The lowest BCUT2D eigenvalue weighted by Gasteiger charge is -2.39. The van der Waals surface area contributed by atoms with Crippen LogP contribution in [0.2, 0.25) is 0 Å². The monoisotopic (exact) mass is 365 g/mol. The molecule has 1 N–H and O–H groups in total. The smallest absolute Gasteiger partial charge is 0.241 e. The van der Waals surface area contributed by atoms with Crippen molar-refractivity contribution in [1.29, 1.82) is 5.26 Å². The second kappa shape index (κ2) is 8.67. The van der Waals surface area contributed by atoms with E-state index in [2.05, 4.69) is 17.9 Å². The summed E-state index contributed by atoms with van der Waals surface area (Å²) < 4.78 is 5.46. The number of carbonyl (C=O) groups excluding carboxylic acids is 1. The highest BCUT2D eigenvalue weighted by Crippen LogP contribution is 2.23. The van der Waals surface area contributed by atoms with Crippen LogP contribution in [0.3, 0.4) is 0 Å². The van der Waals surface area contributed by atoms with Gasteiger partial charge in [0, 0.05) is 24.8 Å². The Balaban J connectivity index is 1.66. The second-order valence-corrected chi connectivity index (χ2v) is 6.64. The van der Waals surface area contributed by atoms with E-state index in [9.17, 15) is 4.79 Å². The van der Waals surface area contributed by atoms with Crippen LogP contribution in [-0.2, 0) is 11.3 Å². The number of aliphatic hydroxyl groups excluding tert-OH is 1. The second-order valence-electron chi connectivity index (χ2n) is 6.64. The molecule has 1 amide bonds. The quantitative estimate of drug-likeness (QED) is 0.849. The van der Waals surface area contributed by atoms with Gasteiger partial charge in [-0.1, -0.05) is 12.1 Å². The van der Waals surface area contributed by atoms with Gasteiger partial charge < -0.3 is 14.7 Å². The van der Waals surface area contributed by atoms with Gasteiger partial charge in [-0.25, -0.2) is 0 Å². The molecule has 1 aliphatic heterocycles. The lowest BCUT2D eigenvalue weighted by Crippen LogP contribution is -2.54. The largest absolute Gasteiger partial charge is 0.491 e. The average molecular weight is 365 g/mol. The number of nitrogens with zero attached hydrogens (tertiary/aromatic N) is 3. The highest BCUT2D eigenvalue weighted by Gasteiger charge is 2.30. The molecule has 0 radical (unpaired) electrons. The van der Waals surface area contributed by atoms with Crippen molar-refractivity contribution < 1.29 is 14.6 Å². The Morgan fingerprint density at radius 2 is 2.04 bits per heavy atom. The predicted octanol–water partition coefficient (Wildman–Crippen LogP) is 2.17. The van der Waals surface area contributed by atoms with E-state index in [1.807, 2.05) is 36.4 Å². The number of benzene rings is 2. The van der Waals surface area contributed by atoms with Crippen LogP contribution in [0.4, 0.5) is 5.69 Å². The third-order valence-electron chi connectivity index (χ3n) is 4.66. The summed E-state index contributed by atoms with van der Waals surface area (Å²) in [6.45, 7) is 3.95. The summed E-state index contributed by atoms with van der Waals surface area (Å²) in [4.78, 5) is 16.6. The fourth-order valence-electron chi connectivity index (χ4n) is 3.21. The molecule has 1 heterocycles. The van der Waals surface area contributed by atoms with Crippen molar-refractivity contribution >= 4 is 11.6 Å². The average Bonchev–Trinajstić information content (AvgIpc) is 2.69. The molecule has 1 saturated heterocycles. The molecular formula is C21H23N3O3. The number of ether oxygens (including phenoxy) is 1. The molecule has 6 heteroatoms. The highest BCUT2D eigenvalue weighted by atomic mass is 16.5. The number of piperazine rings is 1. The van der Waals surface area contributed by atoms with Crippen molar-refractivity contribution in [2.45, 2.75) is 19.5 Å². The number of hydrogen-bond donors (Lipinski definition) is 1. The van der Waals surface area contributed by atoms with Crippen LogP contribution in [0.25, 0.3) is 0 Å². The van der Waals surface area contributed by atoms with Gasteiger partial charge in [0.1, 0.15) is 12.4 Å². The van der Waals surface area contributed by atoms with Gasteiger partial charge >= 0.3 is 0 Å². The van der Waals surface area contributed by atoms with Gasteiger partial charge in [0.25, 0.3) is 0 Å². The molecule has 0 aliphatic carbocycles. The van der Waals surface area contributed by atoms with E-state index in [-0.39, 0.29) is 25.2 Å². The van der Waals surface area contributed by atoms with E-state index >= 15 is 0 Å². The maximum absolute atomic E-state index is 12.7. The summed E-state index contributed by atoms with van der Waals surface area (Å²) >= 11 is 0. The number of carbonyl (C=O) groups is 1. The van der Waals surface area contributed by atoms with E-state index in [0.29, 0.717) is 25.2 Å². The lowest BCUT2D eigenvalue weighted by molar-refractivity contribution is -0.122. The molecule has 1 aliphatic rings. The molecule has 140 valence electrons. The molecular weight excluding hydrogens is 342 g/mol. The molecule has 6 nitrogen and oxygen atoms in total. The van der Waals surface area contributed by atoms with Crippen LogP contribution in [0.1, 0.15) is 18.1 Å². The topological polar surface area (TPSA) is 76.8 Å².